The molecular weight excluding hydrogens is 240 g/mol. The van der Waals surface area contributed by atoms with Crippen LogP contribution in [0.25, 0.3) is 21.9 Å². The summed E-state index contributed by atoms with van der Waals surface area (Å²) in [6.07, 6.45) is 5.14. The average Bonchev–Trinajstić information content (AvgIpc) is 2.54. The lowest BCUT2D eigenvalue weighted by Crippen LogP contribution is -2.02. The molecule has 0 N–H and O–H groups in total. The van der Waals surface area contributed by atoms with Gasteiger partial charge in [-0.05, 0) is 64.8 Å². The van der Waals surface area contributed by atoms with Crippen LogP contribution < -0.4 is 0 Å². The molecule has 0 nitrogen and oxygen atoms in total. The van der Waals surface area contributed by atoms with Crippen molar-refractivity contribution in [2.24, 2.45) is 0 Å². The van der Waals surface area contributed by atoms with Gasteiger partial charge in [0.2, 0.25) is 0 Å². The summed E-state index contributed by atoms with van der Waals surface area (Å²) in [5.41, 5.74) is 5.62. The van der Waals surface area contributed by atoms with Gasteiger partial charge in [-0.1, -0.05) is 54.6 Å². The summed E-state index contributed by atoms with van der Waals surface area (Å²) in [6.45, 7) is 0. The van der Waals surface area contributed by atoms with Crippen LogP contribution in [0.1, 0.15) is 24.0 Å². The van der Waals surface area contributed by atoms with Crippen molar-refractivity contribution in [1.29, 1.82) is 0 Å². The van der Waals surface area contributed by atoms with Crippen molar-refractivity contribution in [2.75, 3.05) is 0 Å². The van der Waals surface area contributed by atoms with Crippen molar-refractivity contribution in [3.05, 3.63) is 71.8 Å². The molecule has 97 valence electrons. The first-order valence-corrected chi connectivity index (χ1v) is 7.43. The third kappa shape index (κ3) is 1.92. The highest BCUT2D eigenvalue weighted by Crippen LogP contribution is 2.31. The van der Waals surface area contributed by atoms with Crippen LogP contribution in [-0.2, 0) is 12.8 Å². The molecule has 0 saturated heterocycles. The van der Waals surface area contributed by atoms with E-state index in [1.54, 1.807) is 5.56 Å². The summed E-state index contributed by atoms with van der Waals surface area (Å²) in [4.78, 5) is 0. The maximum absolute atomic E-state index is 3.43. The summed E-state index contributed by atoms with van der Waals surface area (Å²) < 4.78 is 0. The lowest BCUT2D eigenvalue weighted by Gasteiger charge is -2.17. The molecule has 0 bridgehead atoms. The van der Waals surface area contributed by atoms with Crippen molar-refractivity contribution < 1.29 is 0 Å². The van der Waals surface area contributed by atoms with E-state index in [-0.39, 0.29) is 0 Å². The van der Waals surface area contributed by atoms with E-state index in [9.17, 15) is 0 Å². The summed E-state index contributed by atoms with van der Waals surface area (Å²) in [5.74, 6) is 0. The number of hydrogen-bond acceptors (Lipinski definition) is 0. The van der Waals surface area contributed by atoms with Crippen molar-refractivity contribution in [3.8, 4) is 11.1 Å². The lowest BCUT2D eigenvalue weighted by molar-refractivity contribution is 0.686. The van der Waals surface area contributed by atoms with E-state index in [1.165, 1.54) is 53.1 Å². The smallest absolute Gasteiger partial charge is 0.00265 e. The van der Waals surface area contributed by atoms with Gasteiger partial charge in [0.05, 0.1) is 0 Å². The Hall–Kier alpha value is -2.08. The van der Waals surface area contributed by atoms with Gasteiger partial charge in [0.25, 0.3) is 0 Å². The minimum Gasteiger partial charge on any atom is -0.0616 e. The average molecular weight is 257 g/mol. The molecule has 3 aromatic carbocycles. The molecule has 0 heterocycles. The van der Waals surface area contributed by atoms with Gasteiger partial charge < -0.3 is 0 Å². The maximum Gasteiger partial charge on any atom is -0.00265 e. The predicted octanol–water partition coefficient (Wildman–Crippen LogP) is 5.19. The Morgan fingerprint density at radius 3 is 2.60 bits per heavy atom. The van der Waals surface area contributed by atoms with Crippen LogP contribution in [0.15, 0.2) is 54.6 Å². The normalized spacial score (nSPS) is 14.2. The zero-order valence-electron chi connectivity index (χ0n) is 11.5. The molecule has 0 heteroatoms. The summed E-state index contributed by atoms with van der Waals surface area (Å²) in [6, 6.07) is 23.1. The van der Waals surface area contributed by atoms with Crippen LogP contribution in [0.5, 0.6) is 0 Å². The number of fused-ring (bicyclic) bond motifs is 2. The van der Waals surface area contributed by atoms with Crippen LogP contribution in [-0.4, -0.2) is 0 Å². The van der Waals surface area contributed by atoms with E-state index in [4.69, 9.17) is 0 Å². The monoisotopic (exact) mass is 257 g/mol. The third-order valence-corrected chi connectivity index (χ3v) is 4.36. The molecule has 0 saturated carbocycles. The molecule has 0 atom stereocenters. The van der Waals surface area contributed by atoms with Crippen LogP contribution in [0, 0.1) is 6.07 Å². The topological polar surface area (TPSA) is 0 Å². The molecule has 1 aliphatic rings. The van der Waals surface area contributed by atoms with Crippen LogP contribution in [0.4, 0.5) is 0 Å². The van der Waals surface area contributed by atoms with Crippen molar-refractivity contribution >= 4 is 10.8 Å². The molecule has 1 aliphatic carbocycles. The predicted molar refractivity (Wildman–Crippen MR) is 84.9 cm³/mol. The molecule has 0 amide bonds. The van der Waals surface area contributed by atoms with Crippen LogP contribution in [0.2, 0.25) is 0 Å². The Bertz CT molecular complexity index is 763. The highest BCUT2D eigenvalue weighted by Gasteiger charge is 2.11. The van der Waals surface area contributed by atoms with Gasteiger partial charge in [0.15, 0.2) is 0 Å². The SMILES string of the molecule is [c]1ccc2ccccc2c1-c1ccc2c(c1)CCCC2. The van der Waals surface area contributed by atoms with Gasteiger partial charge in [-0.2, -0.15) is 0 Å². The Morgan fingerprint density at radius 1 is 0.800 bits per heavy atom. The van der Waals surface area contributed by atoms with E-state index >= 15 is 0 Å². The molecule has 0 fully saturated rings. The fraction of sp³-hybridized carbons (Fsp3) is 0.200. The Morgan fingerprint density at radius 2 is 1.65 bits per heavy atom. The van der Waals surface area contributed by atoms with Crippen LogP contribution in [0.3, 0.4) is 0 Å². The highest BCUT2D eigenvalue weighted by atomic mass is 14.2. The summed E-state index contributed by atoms with van der Waals surface area (Å²) in [7, 11) is 0. The Balaban J connectivity index is 1.91. The fourth-order valence-corrected chi connectivity index (χ4v) is 3.29. The molecular formula is C20H17. The summed E-state index contributed by atoms with van der Waals surface area (Å²) in [5, 5.41) is 2.59. The summed E-state index contributed by atoms with van der Waals surface area (Å²) >= 11 is 0. The zero-order valence-corrected chi connectivity index (χ0v) is 11.5. The molecule has 0 spiro atoms. The second-order valence-electron chi connectivity index (χ2n) is 5.63. The maximum atomic E-state index is 3.43. The van der Waals surface area contributed by atoms with Gasteiger partial charge in [-0.15, -0.1) is 0 Å². The van der Waals surface area contributed by atoms with Crippen molar-refractivity contribution in [1.82, 2.24) is 0 Å². The molecule has 0 aliphatic heterocycles. The molecule has 0 unspecified atom stereocenters. The fourth-order valence-electron chi connectivity index (χ4n) is 3.29. The number of aryl methyl sites for hydroxylation is 2. The van der Waals surface area contributed by atoms with Crippen molar-refractivity contribution in [3.63, 3.8) is 0 Å². The van der Waals surface area contributed by atoms with E-state index in [2.05, 4.69) is 54.6 Å². The van der Waals surface area contributed by atoms with Gasteiger partial charge in [0, 0.05) is 0 Å². The van der Waals surface area contributed by atoms with Crippen LogP contribution >= 0.6 is 0 Å². The van der Waals surface area contributed by atoms with Gasteiger partial charge in [-0.25, -0.2) is 0 Å². The van der Waals surface area contributed by atoms with Crippen molar-refractivity contribution in [2.45, 2.75) is 25.7 Å². The minimum absolute atomic E-state index is 1.23. The molecule has 20 heavy (non-hydrogen) atoms. The van der Waals surface area contributed by atoms with E-state index < -0.39 is 0 Å². The Kier molecular flexibility index (Phi) is 2.81. The molecule has 1 radical (unpaired) electrons. The van der Waals surface area contributed by atoms with E-state index in [0.717, 1.165) is 0 Å². The van der Waals surface area contributed by atoms with E-state index in [1.807, 2.05) is 6.07 Å². The lowest BCUT2D eigenvalue weighted by atomic mass is 9.88. The third-order valence-electron chi connectivity index (χ3n) is 4.36. The first-order chi connectivity index (χ1) is 9.92. The largest absolute Gasteiger partial charge is 0.0616 e. The first-order valence-electron chi connectivity index (χ1n) is 7.43. The van der Waals surface area contributed by atoms with E-state index in [0.29, 0.717) is 0 Å². The molecule has 4 rings (SSSR count). The highest BCUT2D eigenvalue weighted by molar-refractivity contribution is 5.96. The quantitative estimate of drug-likeness (QED) is 0.563. The second kappa shape index (κ2) is 4.79. The standard InChI is InChI=1S/C20H17/c1-2-8-17-14-18(13-12-15(17)6-1)20-11-5-9-16-7-3-4-10-19(16)20/h3-5,7,9-10,12-14H,1-2,6,8H2. The van der Waals surface area contributed by atoms with Gasteiger partial charge in [-0.3, -0.25) is 0 Å². The number of hydrogen-bond donors (Lipinski definition) is 0. The first kappa shape index (κ1) is 11.7. The minimum atomic E-state index is 1.23. The number of rotatable bonds is 1. The van der Waals surface area contributed by atoms with Gasteiger partial charge in [0.1, 0.15) is 0 Å². The molecule has 3 aromatic rings. The molecule has 0 aromatic heterocycles. The van der Waals surface area contributed by atoms with Gasteiger partial charge >= 0.3 is 0 Å². The second-order valence-corrected chi connectivity index (χ2v) is 5.63. The number of benzene rings is 3. The zero-order chi connectivity index (χ0) is 13.4. The Labute approximate surface area is 120 Å².